The highest BCUT2D eigenvalue weighted by molar-refractivity contribution is 6.30. The molecule has 0 aliphatic carbocycles. The number of carbonyl (C=O) groups excluding carboxylic acids is 2. The predicted octanol–water partition coefficient (Wildman–Crippen LogP) is 3.60. The molecule has 1 fully saturated rings. The average Bonchev–Trinajstić information content (AvgIpc) is 2.65. The Labute approximate surface area is 187 Å². The van der Waals surface area contributed by atoms with Crippen LogP contribution in [0.3, 0.4) is 0 Å². The fraction of sp³-hybridized carbons (Fsp3) is 0.375. The zero-order valence-electron chi connectivity index (χ0n) is 18.0. The van der Waals surface area contributed by atoms with Gasteiger partial charge < -0.3 is 14.9 Å². The molecular formula is C24H27ClN2O4. The van der Waals surface area contributed by atoms with Crippen LogP contribution in [-0.4, -0.2) is 51.3 Å². The van der Waals surface area contributed by atoms with Gasteiger partial charge in [0.1, 0.15) is 12.1 Å². The van der Waals surface area contributed by atoms with Crippen LogP contribution >= 0.6 is 11.6 Å². The molecule has 2 aromatic carbocycles. The highest BCUT2D eigenvalue weighted by Gasteiger charge is 2.51. The molecule has 164 valence electrons. The summed E-state index contributed by atoms with van der Waals surface area (Å²) in [6.45, 7) is 5.87. The minimum atomic E-state index is -1.10. The van der Waals surface area contributed by atoms with Gasteiger partial charge in [-0.05, 0) is 50.5 Å². The number of carboxylic acid groups (broad SMARTS) is 1. The van der Waals surface area contributed by atoms with E-state index in [0.717, 1.165) is 22.3 Å². The van der Waals surface area contributed by atoms with Gasteiger partial charge in [0.15, 0.2) is 0 Å². The van der Waals surface area contributed by atoms with Gasteiger partial charge in [0, 0.05) is 18.1 Å². The van der Waals surface area contributed by atoms with Crippen molar-refractivity contribution >= 4 is 29.4 Å². The Hall–Kier alpha value is -2.86. The standard InChI is InChI=1S/C24H27ClN2O4/c1-16-10-17(2)12-19(11-16)13-21(28)27-9-8-24(27,3)23(31)26(15-22(29)30)14-18-4-6-20(25)7-5-18/h4-7,10-12H,8-9,13-15H2,1-3H3,(H,29,30)/t24-/m1/s1. The molecule has 0 aromatic heterocycles. The first-order chi connectivity index (χ1) is 14.6. The molecule has 0 radical (unpaired) electrons. The Morgan fingerprint density at radius 3 is 2.19 bits per heavy atom. The van der Waals surface area contributed by atoms with Crippen molar-refractivity contribution in [2.24, 2.45) is 0 Å². The van der Waals surface area contributed by atoms with E-state index in [1.165, 1.54) is 4.90 Å². The molecule has 0 saturated carbocycles. The zero-order valence-corrected chi connectivity index (χ0v) is 18.8. The number of hydrogen-bond donors (Lipinski definition) is 1. The lowest BCUT2D eigenvalue weighted by molar-refractivity contribution is -0.165. The molecule has 3 rings (SSSR count). The van der Waals surface area contributed by atoms with Gasteiger partial charge in [-0.25, -0.2) is 0 Å². The Kier molecular flexibility index (Phi) is 6.70. The number of carboxylic acids is 1. The Bertz CT molecular complexity index is 985. The maximum Gasteiger partial charge on any atom is 0.323 e. The molecule has 1 aliphatic heterocycles. The largest absolute Gasteiger partial charge is 0.480 e. The average molecular weight is 443 g/mol. The monoisotopic (exact) mass is 442 g/mol. The van der Waals surface area contributed by atoms with E-state index >= 15 is 0 Å². The lowest BCUT2D eigenvalue weighted by atomic mass is 9.84. The molecule has 1 aliphatic rings. The van der Waals surface area contributed by atoms with Crippen molar-refractivity contribution < 1.29 is 19.5 Å². The van der Waals surface area contributed by atoms with E-state index < -0.39 is 18.1 Å². The smallest absolute Gasteiger partial charge is 0.323 e. The molecule has 1 saturated heterocycles. The Balaban J connectivity index is 1.77. The summed E-state index contributed by atoms with van der Waals surface area (Å²) in [7, 11) is 0. The van der Waals surface area contributed by atoms with E-state index in [9.17, 15) is 19.5 Å². The molecule has 1 atom stereocenters. The van der Waals surface area contributed by atoms with Crippen molar-refractivity contribution in [3.05, 3.63) is 69.7 Å². The SMILES string of the molecule is Cc1cc(C)cc(CC(=O)N2CC[C@]2(C)C(=O)N(CC(=O)O)Cc2ccc(Cl)cc2)c1. The molecule has 0 bridgehead atoms. The number of carbonyl (C=O) groups is 3. The van der Waals surface area contributed by atoms with Crippen LogP contribution in [0.5, 0.6) is 0 Å². The number of likely N-dealkylation sites (tertiary alicyclic amines) is 1. The quantitative estimate of drug-likeness (QED) is 0.710. The topological polar surface area (TPSA) is 77.9 Å². The minimum absolute atomic E-state index is 0.131. The first-order valence-corrected chi connectivity index (χ1v) is 10.6. The van der Waals surface area contributed by atoms with Crippen LogP contribution in [0.25, 0.3) is 0 Å². The van der Waals surface area contributed by atoms with Crippen LogP contribution in [0.1, 0.15) is 35.6 Å². The van der Waals surface area contributed by atoms with Crippen LogP contribution in [0.15, 0.2) is 42.5 Å². The summed E-state index contributed by atoms with van der Waals surface area (Å²) in [6, 6.07) is 12.9. The number of aryl methyl sites for hydroxylation is 2. The van der Waals surface area contributed by atoms with Crippen molar-refractivity contribution in [3.8, 4) is 0 Å². The second-order valence-corrected chi connectivity index (χ2v) is 8.86. The third kappa shape index (κ3) is 5.25. The maximum atomic E-state index is 13.4. The number of benzene rings is 2. The molecule has 0 spiro atoms. The van der Waals surface area contributed by atoms with Crippen LogP contribution in [0.4, 0.5) is 0 Å². The van der Waals surface area contributed by atoms with E-state index in [1.807, 2.05) is 32.0 Å². The van der Waals surface area contributed by atoms with E-state index in [4.69, 9.17) is 11.6 Å². The van der Waals surface area contributed by atoms with Gasteiger partial charge in [-0.2, -0.15) is 0 Å². The number of amides is 2. The van der Waals surface area contributed by atoms with Crippen LogP contribution in [0, 0.1) is 13.8 Å². The minimum Gasteiger partial charge on any atom is -0.480 e. The fourth-order valence-corrected chi connectivity index (χ4v) is 4.26. The van der Waals surface area contributed by atoms with E-state index in [0.29, 0.717) is 18.0 Å². The third-order valence-corrected chi connectivity index (χ3v) is 5.97. The second kappa shape index (κ2) is 9.10. The second-order valence-electron chi connectivity index (χ2n) is 8.42. The summed E-state index contributed by atoms with van der Waals surface area (Å²) in [5.41, 5.74) is 2.81. The number of aliphatic carboxylic acids is 1. The molecule has 1 N–H and O–H groups in total. The summed E-state index contributed by atoms with van der Waals surface area (Å²) < 4.78 is 0. The van der Waals surface area contributed by atoms with Gasteiger partial charge in [-0.1, -0.05) is 53.1 Å². The first kappa shape index (κ1) is 22.8. The van der Waals surface area contributed by atoms with Crippen LogP contribution in [-0.2, 0) is 27.3 Å². The fourth-order valence-electron chi connectivity index (χ4n) is 4.14. The maximum absolute atomic E-state index is 13.4. The van der Waals surface area contributed by atoms with Crippen LogP contribution < -0.4 is 0 Å². The highest BCUT2D eigenvalue weighted by Crippen LogP contribution is 2.33. The summed E-state index contributed by atoms with van der Waals surface area (Å²) in [4.78, 5) is 40.7. The van der Waals surface area contributed by atoms with Crippen molar-refractivity contribution in [2.45, 2.75) is 45.7 Å². The van der Waals surface area contributed by atoms with E-state index in [-0.39, 0.29) is 24.8 Å². The molecular weight excluding hydrogens is 416 g/mol. The van der Waals surface area contributed by atoms with E-state index in [2.05, 4.69) is 0 Å². The first-order valence-electron chi connectivity index (χ1n) is 10.2. The molecule has 1 heterocycles. The van der Waals surface area contributed by atoms with Gasteiger partial charge in [0.25, 0.3) is 0 Å². The third-order valence-electron chi connectivity index (χ3n) is 5.72. The summed E-state index contributed by atoms with van der Waals surface area (Å²) in [6.07, 6.45) is 0.711. The summed E-state index contributed by atoms with van der Waals surface area (Å²) in [5.74, 6) is -1.59. The number of hydrogen-bond acceptors (Lipinski definition) is 3. The zero-order chi connectivity index (χ0) is 22.8. The number of rotatable bonds is 7. The summed E-state index contributed by atoms with van der Waals surface area (Å²) in [5, 5.41) is 9.90. The molecule has 0 unspecified atom stereocenters. The normalized spacial score (nSPS) is 17.7. The number of nitrogens with zero attached hydrogens (tertiary/aromatic N) is 2. The van der Waals surface area contributed by atoms with Crippen molar-refractivity contribution in [3.63, 3.8) is 0 Å². The van der Waals surface area contributed by atoms with Crippen molar-refractivity contribution in [1.29, 1.82) is 0 Å². The molecule has 7 heteroatoms. The van der Waals surface area contributed by atoms with Crippen LogP contribution in [0.2, 0.25) is 5.02 Å². The molecule has 2 aromatic rings. The number of halogens is 1. The van der Waals surface area contributed by atoms with Gasteiger partial charge in [-0.15, -0.1) is 0 Å². The van der Waals surface area contributed by atoms with Gasteiger partial charge in [-0.3, -0.25) is 14.4 Å². The Morgan fingerprint density at radius 2 is 1.68 bits per heavy atom. The Morgan fingerprint density at radius 1 is 1.06 bits per heavy atom. The summed E-state index contributed by atoms with van der Waals surface area (Å²) >= 11 is 5.92. The van der Waals surface area contributed by atoms with Gasteiger partial charge >= 0.3 is 5.97 Å². The molecule has 2 amide bonds. The molecule has 6 nitrogen and oxygen atoms in total. The lowest BCUT2D eigenvalue weighted by Crippen LogP contribution is -2.68. The van der Waals surface area contributed by atoms with Crippen molar-refractivity contribution in [1.82, 2.24) is 9.80 Å². The van der Waals surface area contributed by atoms with E-state index in [1.54, 1.807) is 36.1 Å². The van der Waals surface area contributed by atoms with Gasteiger partial charge in [0.05, 0.1) is 6.42 Å². The van der Waals surface area contributed by atoms with Crippen molar-refractivity contribution in [2.75, 3.05) is 13.1 Å². The predicted molar refractivity (Wildman–Crippen MR) is 119 cm³/mol. The lowest BCUT2D eigenvalue weighted by Gasteiger charge is -2.50. The molecule has 31 heavy (non-hydrogen) atoms. The van der Waals surface area contributed by atoms with Gasteiger partial charge in [0.2, 0.25) is 11.8 Å². The highest BCUT2D eigenvalue weighted by atomic mass is 35.5.